The minimum Gasteiger partial charge on any atom is -0.375 e. The Kier molecular flexibility index (Phi) is 5.60. The first-order chi connectivity index (χ1) is 13.1. The second kappa shape index (κ2) is 8.12. The van der Waals surface area contributed by atoms with Gasteiger partial charge in [-0.05, 0) is 44.6 Å². The Balaban J connectivity index is 1.26. The summed E-state index contributed by atoms with van der Waals surface area (Å²) in [7, 11) is 0. The first-order valence-electron chi connectivity index (χ1n) is 10.2. The smallest absolute Gasteiger partial charge is 0.148 e. The molecule has 0 atom stereocenters. The highest BCUT2D eigenvalue weighted by molar-refractivity contribution is 5.52. The molecule has 6 heteroatoms. The van der Waals surface area contributed by atoms with Gasteiger partial charge in [0.05, 0.1) is 23.5 Å². The van der Waals surface area contributed by atoms with E-state index in [0.29, 0.717) is 19.2 Å². The minimum absolute atomic E-state index is 0.202. The molecule has 2 heterocycles. The van der Waals surface area contributed by atoms with Crippen molar-refractivity contribution in [2.75, 3.05) is 31.1 Å². The average molecular weight is 375 g/mol. The van der Waals surface area contributed by atoms with Crippen molar-refractivity contribution in [1.29, 1.82) is 5.26 Å². The van der Waals surface area contributed by atoms with Crippen LogP contribution < -0.4 is 4.90 Å². The molecule has 0 amide bonds. The van der Waals surface area contributed by atoms with E-state index in [1.54, 1.807) is 6.07 Å². The average Bonchev–Trinajstić information content (AvgIpc) is 2.64. The summed E-state index contributed by atoms with van der Waals surface area (Å²) in [5, 5.41) is 8.81. The fourth-order valence-electron chi connectivity index (χ4n) is 4.50. The van der Waals surface area contributed by atoms with Crippen molar-refractivity contribution >= 4 is 5.69 Å². The Morgan fingerprint density at radius 1 is 0.889 bits per heavy atom. The van der Waals surface area contributed by atoms with Crippen molar-refractivity contribution in [1.82, 2.24) is 4.90 Å². The highest BCUT2D eigenvalue weighted by atomic mass is 19.1. The number of benzene rings is 1. The third kappa shape index (κ3) is 4.09. The van der Waals surface area contributed by atoms with E-state index in [4.69, 9.17) is 10.00 Å². The normalized spacial score (nSPS) is 23.2. The lowest BCUT2D eigenvalue weighted by molar-refractivity contribution is -0.0598. The molecule has 0 aromatic heterocycles. The number of piperidine rings is 2. The first-order valence-corrected chi connectivity index (χ1v) is 10.2. The zero-order chi connectivity index (χ0) is 18.8. The van der Waals surface area contributed by atoms with Crippen molar-refractivity contribution < 1.29 is 13.5 Å². The number of rotatable bonds is 4. The number of hydrogen-bond acceptors (Lipinski definition) is 4. The zero-order valence-electron chi connectivity index (χ0n) is 15.7. The molecule has 1 aromatic carbocycles. The van der Waals surface area contributed by atoms with E-state index in [2.05, 4.69) is 4.90 Å². The molecule has 0 N–H and O–H groups in total. The van der Waals surface area contributed by atoms with Gasteiger partial charge in [0.2, 0.25) is 0 Å². The topological polar surface area (TPSA) is 39.5 Å². The SMILES string of the molecule is N#Cc1cc(F)c(N2CCC(OC3CCN(C4CCC4)CC3)CC2)cc1F. The number of ether oxygens (including phenoxy) is 1. The first kappa shape index (κ1) is 18.6. The molecule has 1 aliphatic carbocycles. The second-order valence-electron chi connectivity index (χ2n) is 8.04. The Morgan fingerprint density at radius 2 is 1.52 bits per heavy atom. The summed E-state index contributed by atoms with van der Waals surface area (Å²) in [6.45, 7) is 3.58. The van der Waals surface area contributed by atoms with Gasteiger partial charge in [-0.2, -0.15) is 5.26 Å². The summed E-state index contributed by atoms with van der Waals surface area (Å²) in [6, 6.07) is 4.63. The maximum absolute atomic E-state index is 14.2. The van der Waals surface area contributed by atoms with Crippen LogP contribution in [-0.4, -0.2) is 49.3 Å². The third-order valence-corrected chi connectivity index (χ3v) is 6.39. The molecule has 0 unspecified atom stereocenters. The summed E-state index contributed by atoms with van der Waals surface area (Å²) < 4.78 is 34.4. The molecule has 1 saturated carbocycles. The largest absolute Gasteiger partial charge is 0.375 e. The van der Waals surface area contributed by atoms with E-state index in [-0.39, 0.29) is 17.4 Å². The number of likely N-dealkylation sites (tertiary alicyclic amines) is 1. The van der Waals surface area contributed by atoms with Crippen LogP contribution in [0.3, 0.4) is 0 Å². The quantitative estimate of drug-likeness (QED) is 0.802. The van der Waals surface area contributed by atoms with E-state index >= 15 is 0 Å². The van der Waals surface area contributed by atoms with E-state index in [1.165, 1.54) is 19.3 Å². The number of nitrogens with zero attached hydrogens (tertiary/aromatic N) is 3. The summed E-state index contributed by atoms with van der Waals surface area (Å²) in [6.07, 6.45) is 8.48. The third-order valence-electron chi connectivity index (χ3n) is 6.39. The van der Waals surface area contributed by atoms with Crippen LogP contribution in [0.2, 0.25) is 0 Å². The van der Waals surface area contributed by atoms with Crippen molar-refractivity contribution in [3.63, 3.8) is 0 Å². The van der Waals surface area contributed by atoms with Crippen LogP contribution in [0, 0.1) is 23.0 Å². The number of nitriles is 1. The highest BCUT2D eigenvalue weighted by Gasteiger charge is 2.31. The predicted octanol–water partition coefficient (Wildman–Crippen LogP) is 3.84. The molecular weight excluding hydrogens is 348 g/mol. The fraction of sp³-hybridized carbons (Fsp3) is 0.667. The summed E-state index contributed by atoms with van der Waals surface area (Å²) >= 11 is 0. The Morgan fingerprint density at radius 3 is 2.07 bits per heavy atom. The van der Waals surface area contributed by atoms with Crippen LogP contribution in [0.1, 0.15) is 50.5 Å². The monoisotopic (exact) mass is 375 g/mol. The van der Waals surface area contributed by atoms with Gasteiger partial charge in [0, 0.05) is 38.3 Å². The van der Waals surface area contributed by atoms with Crippen LogP contribution in [0.15, 0.2) is 12.1 Å². The molecule has 4 rings (SSSR count). The number of hydrogen-bond donors (Lipinski definition) is 0. The molecule has 2 aliphatic heterocycles. The number of halogens is 2. The molecule has 0 spiro atoms. The van der Waals surface area contributed by atoms with Gasteiger partial charge in [-0.3, -0.25) is 0 Å². The molecule has 3 fully saturated rings. The van der Waals surface area contributed by atoms with Gasteiger partial charge < -0.3 is 14.5 Å². The second-order valence-corrected chi connectivity index (χ2v) is 8.04. The van der Waals surface area contributed by atoms with Gasteiger partial charge >= 0.3 is 0 Å². The van der Waals surface area contributed by atoms with Crippen molar-refractivity contribution in [2.24, 2.45) is 0 Å². The molecule has 3 aliphatic rings. The van der Waals surface area contributed by atoms with E-state index < -0.39 is 11.6 Å². The lowest BCUT2D eigenvalue weighted by Crippen LogP contribution is -2.47. The van der Waals surface area contributed by atoms with Gasteiger partial charge in [-0.1, -0.05) is 6.42 Å². The van der Waals surface area contributed by atoms with Crippen molar-refractivity contribution in [2.45, 2.75) is 63.2 Å². The minimum atomic E-state index is -0.662. The maximum Gasteiger partial charge on any atom is 0.148 e. The van der Waals surface area contributed by atoms with Gasteiger partial charge in [-0.15, -0.1) is 0 Å². The standard InChI is InChI=1S/C21H27F2N3O/c22-19-13-21(20(23)12-15(19)14-24)26-10-6-18(7-11-26)27-17-4-8-25(9-5-17)16-2-1-3-16/h12-13,16-18H,1-11H2. The Hall–Kier alpha value is -1.71. The molecule has 0 bridgehead atoms. The molecule has 27 heavy (non-hydrogen) atoms. The van der Waals surface area contributed by atoms with Crippen LogP contribution in [0.5, 0.6) is 0 Å². The summed E-state index contributed by atoms with van der Waals surface area (Å²) in [5.74, 6) is -1.19. The van der Waals surface area contributed by atoms with Crippen LogP contribution in [0.25, 0.3) is 0 Å². The van der Waals surface area contributed by atoms with Crippen molar-refractivity contribution in [3.8, 4) is 6.07 Å². The molecule has 1 aromatic rings. The summed E-state index contributed by atoms with van der Waals surface area (Å²) in [4.78, 5) is 4.48. The van der Waals surface area contributed by atoms with E-state index in [0.717, 1.165) is 56.9 Å². The van der Waals surface area contributed by atoms with Gasteiger partial charge in [-0.25, -0.2) is 8.78 Å². The Labute approximate surface area is 159 Å². The van der Waals surface area contributed by atoms with E-state index in [1.807, 2.05) is 4.90 Å². The van der Waals surface area contributed by atoms with E-state index in [9.17, 15) is 8.78 Å². The fourth-order valence-corrected chi connectivity index (χ4v) is 4.50. The lowest BCUT2D eigenvalue weighted by Gasteiger charge is -2.43. The Bertz CT molecular complexity index is 700. The highest BCUT2D eigenvalue weighted by Crippen LogP contribution is 2.30. The molecule has 146 valence electrons. The van der Waals surface area contributed by atoms with Gasteiger partial charge in [0.1, 0.15) is 17.7 Å². The van der Waals surface area contributed by atoms with Crippen molar-refractivity contribution in [3.05, 3.63) is 29.3 Å². The predicted molar refractivity (Wildman–Crippen MR) is 99.6 cm³/mol. The molecule has 0 radical (unpaired) electrons. The van der Waals surface area contributed by atoms with Crippen LogP contribution in [0.4, 0.5) is 14.5 Å². The summed E-state index contributed by atoms with van der Waals surface area (Å²) in [5.41, 5.74) is 0.00136. The number of anilines is 1. The van der Waals surface area contributed by atoms with Crippen LogP contribution in [-0.2, 0) is 4.74 Å². The zero-order valence-corrected chi connectivity index (χ0v) is 15.7. The van der Waals surface area contributed by atoms with Gasteiger partial charge in [0.15, 0.2) is 0 Å². The van der Waals surface area contributed by atoms with Crippen LogP contribution >= 0.6 is 0 Å². The maximum atomic E-state index is 14.2. The molecule has 4 nitrogen and oxygen atoms in total. The molecular formula is C21H27F2N3O. The van der Waals surface area contributed by atoms with Gasteiger partial charge in [0.25, 0.3) is 0 Å². The lowest BCUT2D eigenvalue weighted by atomic mass is 9.89. The molecule has 2 saturated heterocycles.